The van der Waals surface area contributed by atoms with Crippen LogP contribution in [0.15, 0.2) is 48.5 Å². The summed E-state index contributed by atoms with van der Waals surface area (Å²) < 4.78 is 5.55. The van der Waals surface area contributed by atoms with Crippen LogP contribution in [-0.4, -0.2) is 42.8 Å². The number of hydrogen-bond donors (Lipinski definition) is 3. The second-order valence-corrected chi connectivity index (χ2v) is 8.15. The van der Waals surface area contributed by atoms with Gasteiger partial charge in [0.15, 0.2) is 6.61 Å². The first-order valence-electron chi connectivity index (χ1n) is 10.8. The molecular weight excluding hydrogens is 412 g/mol. The highest BCUT2D eigenvalue weighted by molar-refractivity contribution is 5.79. The van der Waals surface area contributed by atoms with Crippen molar-refractivity contribution < 1.29 is 29.1 Å². The number of amides is 2. The summed E-state index contributed by atoms with van der Waals surface area (Å²) in [6, 6.07) is 16.3. The molecule has 0 spiro atoms. The van der Waals surface area contributed by atoms with Crippen molar-refractivity contribution in [1.82, 2.24) is 10.8 Å². The van der Waals surface area contributed by atoms with Gasteiger partial charge < -0.3 is 15.2 Å². The lowest BCUT2D eigenvalue weighted by Crippen LogP contribution is -2.38. The average Bonchev–Trinajstić information content (AvgIpc) is 3.39. The second-order valence-electron chi connectivity index (χ2n) is 8.15. The maximum atomic E-state index is 12.4. The fourth-order valence-corrected chi connectivity index (χ4v) is 4.73. The number of hydrogen-bond acceptors (Lipinski definition) is 5. The van der Waals surface area contributed by atoms with E-state index in [0.717, 1.165) is 24.0 Å². The van der Waals surface area contributed by atoms with Crippen LogP contribution in [0.5, 0.6) is 0 Å². The van der Waals surface area contributed by atoms with Gasteiger partial charge in [-0.15, -0.1) is 0 Å². The minimum absolute atomic E-state index is 0.00968. The summed E-state index contributed by atoms with van der Waals surface area (Å²) in [7, 11) is 0. The minimum Gasteiger partial charge on any atom is -0.479 e. The lowest BCUT2D eigenvalue weighted by atomic mass is 9.95. The van der Waals surface area contributed by atoms with E-state index in [9.17, 15) is 14.4 Å². The second kappa shape index (κ2) is 9.82. The first-order valence-corrected chi connectivity index (χ1v) is 10.8. The van der Waals surface area contributed by atoms with Gasteiger partial charge in [-0.1, -0.05) is 55.0 Å². The summed E-state index contributed by atoms with van der Waals surface area (Å²) in [4.78, 5) is 39.8. The number of benzene rings is 2. The van der Waals surface area contributed by atoms with Crippen LogP contribution in [0, 0.1) is 11.8 Å². The lowest BCUT2D eigenvalue weighted by Gasteiger charge is -2.20. The molecule has 2 aliphatic rings. The Kier molecular flexibility index (Phi) is 6.70. The Morgan fingerprint density at radius 1 is 0.969 bits per heavy atom. The van der Waals surface area contributed by atoms with Crippen LogP contribution in [-0.2, 0) is 19.2 Å². The first-order chi connectivity index (χ1) is 15.5. The zero-order valence-electron chi connectivity index (χ0n) is 17.6. The predicted octanol–water partition coefficient (Wildman–Crippen LogP) is 3.07. The largest absolute Gasteiger partial charge is 0.479 e. The number of aliphatic carboxylic acids is 1. The monoisotopic (exact) mass is 438 g/mol. The smallest absolute Gasteiger partial charge is 0.407 e. The van der Waals surface area contributed by atoms with E-state index in [2.05, 4.69) is 39.9 Å². The summed E-state index contributed by atoms with van der Waals surface area (Å²) in [5.74, 6) is -1.92. The minimum atomic E-state index is -1.16. The molecule has 8 heteroatoms. The van der Waals surface area contributed by atoms with Crippen LogP contribution in [0.2, 0.25) is 0 Å². The number of hydroxylamine groups is 1. The number of ether oxygens (including phenoxy) is 1. The number of alkyl carbamates (subject to hydrolysis) is 1. The Balaban J connectivity index is 1.28. The topological polar surface area (TPSA) is 114 Å². The van der Waals surface area contributed by atoms with Crippen molar-refractivity contribution in [3.63, 3.8) is 0 Å². The maximum absolute atomic E-state index is 12.4. The van der Waals surface area contributed by atoms with Gasteiger partial charge in [-0.05, 0) is 41.0 Å². The summed E-state index contributed by atoms with van der Waals surface area (Å²) in [6.45, 7) is -0.0493. The fraction of sp³-hybridized carbons (Fsp3) is 0.375. The first kappa shape index (κ1) is 21.8. The third kappa shape index (κ3) is 4.75. The number of carboxylic acid groups (broad SMARTS) is 1. The van der Waals surface area contributed by atoms with Crippen LogP contribution in [0.1, 0.15) is 36.3 Å². The van der Waals surface area contributed by atoms with Gasteiger partial charge in [0.2, 0.25) is 5.91 Å². The molecule has 4 rings (SSSR count). The Bertz CT molecular complexity index is 962. The summed E-state index contributed by atoms with van der Waals surface area (Å²) in [5.41, 5.74) is 6.83. The van der Waals surface area contributed by atoms with Gasteiger partial charge in [-0.2, -0.15) is 0 Å². The molecule has 1 saturated carbocycles. The molecule has 0 unspecified atom stereocenters. The number of carbonyl (C=O) groups is 3. The molecule has 3 N–H and O–H groups in total. The zero-order valence-corrected chi connectivity index (χ0v) is 17.6. The summed E-state index contributed by atoms with van der Waals surface area (Å²) >= 11 is 0. The summed E-state index contributed by atoms with van der Waals surface area (Å²) in [6.07, 6.45) is 1.80. The van der Waals surface area contributed by atoms with E-state index >= 15 is 0 Å². The number of fused-ring (bicyclic) bond motifs is 3. The van der Waals surface area contributed by atoms with Crippen molar-refractivity contribution in [1.29, 1.82) is 0 Å². The third-order valence-corrected chi connectivity index (χ3v) is 6.22. The number of rotatable bonds is 8. The molecular formula is C24H26N2O6. The van der Waals surface area contributed by atoms with Gasteiger partial charge in [0.1, 0.15) is 6.61 Å². The van der Waals surface area contributed by atoms with Crippen molar-refractivity contribution in [2.24, 2.45) is 11.8 Å². The number of carbonyl (C=O) groups excluding carboxylic acids is 2. The standard InChI is InChI=1S/C24H26N2O6/c27-22(28)14-32-26-23(29)16-11-5-6-15(16)12-25-24(30)31-13-21-19-9-3-1-7-17(19)18-8-2-4-10-20(18)21/h1-4,7-10,15-16,21H,5-6,11-14H2,(H,25,30)(H,26,29)(H,27,28)/t15-,16-/m1/s1. The van der Waals surface area contributed by atoms with Crippen LogP contribution in [0.3, 0.4) is 0 Å². The van der Waals surface area contributed by atoms with Crippen LogP contribution >= 0.6 is 0 Å². The molecule has 0 bridgehead atoms. The average molecular weight is 438 g/mol. The third-order valence-electron chi connectivity index (χ3n) is 6.22. The highest BCUT2D eigenvalue weighted by Gasteiger charge is 2.34. The van der Waals surface area contributed by atoms with E-state index in [1.165, 1.54) is 11.1 Å². The van der Waals surface area contributed by atoms with E-state index in [1.54, 1.807) is 0 Å². The van der Waals surface area contributed by atoms with E-state index in [0.29, 0.717) is 13.0 Å². The molecule has 0 radical (unpaired) electrons. The lowest BCUT2D eigenvalue weighted by molar-refractivity contribution is -0.151. The highest BCUT2D eigenvalue weighted by atomic mass is 16.7. The molecule has 2 atom stereocenters. The van der Waals surface area contributed by atoms with Gasteiger partial charge in [-0.3, -0.25) is 9.63 Å². The molecule has 2 aromatic carbocycles. The maximum Gasteiger partial charge on any atom is 0.407 e. The molecule has 32 heavy (non-hydrogen) atoms. The fourth-order valence-electron chi connectivity index (χ4n) is 4.73. The number of nitrogens with one attached hydrogen (secondary N) is 2. The molecule has 168 valence electrons. The van der Waals surface area contributed by atoms with E-state index < -0.39 is 18.7 Å². The van der Waals surface area contributed by atoms with E-state index in [4.69, 9.17) is 9.84 Å². The zero-order chi connectivity index (χ0) is 22.5. The Morgan fingerprint density at radius 2 is 1.62 bits per heavy atom. The van der Waals surface area contributed by atoms with Gasteiger partial charge in [0.05, 0.1) is 0 Å². The molecule has 8 nitrogen and oxygen atoms in total. The van der Waals surface area contributed by atoms with Crippen molar-refractivity contribution >= 4 is 18.0 Å². The van der Waals surface area contributed by atoms with Crippen LogP contribution in [0.25, 0.3) is 11.1 Å². The van der Waals surface area contributed by atoms with Gasteiger partial charge in [-0.25, -0.2) is 15.1 Å². The molecule has 0 saturated heterocycles. The molecule has 0 aliphatic heterocycles. The highest BCUT2D eigenvalue weighted by Crippen LogP contribution is 2.44. The molecule has 0 heterocycles. The Labute approximate surface area is 185 Å². The molecule has 2 aliphatic carbocycles. The van der Waals surface area contributed by atoms with Crippen LogP contribution in [0.4, 0.5) is 4.79 Å². The van der Waals surface area contributed by atoms with Gasteiger partial charge in [0.25, 0.3) is 0 Å². The normalized spacial score (nSPS) is 19.1. The van der Waals surface area contributed by atoms with Gasteiger partial charge >= 0.3 is 12.1 Å². The predicted molar refractivity (Wildman–Crippen MR) is 116 cm³/mol. The molecule has 1 fully saturated rings. The van der Waals surface area contributed by atoms with Crippen molar-refractivity contribution in [2.45, 2.75) is 25.2 Å². The molecule has 2 amide bonds. The van der Waals surface area contributed by atoms with Gasteiger partial charge in [0, 0.05) is 18.4 Å². The van der Waals surface area contributed by atoms with E-state index in [1.807, 2.05) is 24.3 Å². The van der Waals surface area contributed by atoms with Crippen molar-refractivity contribution in [3.8, 4) is 11.1 Å². The van der Waals surface area contributed by atoms with Crippen molar-refractivity contribution in [3.05, 3.63) is 59.7 Å². The SMILES string of the molecule is O=C(O)CONC(=O)[C@@H]1CCC[C@@H]1CNC(=O)OCC1c2ccccc2-c2ccccc21. The summed E-state index contributed by atoms with van der Waals surface area (Å²) in [5, 5.41) is 11.4. The van der Waals surface area contributed by atoms with Crippen LogP contribution < -0.4 is 10.8 Å². The number of carboxylic acids is 1. The molecule has 2 aromatic rings. The Hall–Kier alpha value is -3.39. The quantitative estimate of drug-likeness (QED) is 0.546. The van der Waals surface area contributed by atoms with E-state index in [-0.39, 0.29) is 30.3 Å². The molecule has 0 aromatic heterocycles. The Morgan fingerprint density at radius 3 is 2.28 bits per heavy atom. The van der Waals surface area contributed by atoms with Crippen molar-refractivity contribution in [2.75, 3.05) is 19.8 Å².